The largest absolute Gasteiger partial charge is 0.466 e. The molecular weight excluding hydrogens is 200 g/mol. The van der Waals surface area contributed by atoms with E-state index in [0.29, 0.717) is 5.56 Å². The standard InChI is InChI=1S/C10H11NO4/c1-2-15-10(12)7-8-5-3-4-6-9(8)11(13)14/h3-6H,2,7H2,1H3/i10+2. The smallest absolute Gasteiger partial charge is 0.310 e. The summed E-state index contributed by atoms with van der Waals surface area (Å²) >= 11 is 0. The molecule has 0 aliphatic carbocycles. The van der Waals surface area contributed by atoms with Gasteiger partial charge >= 0.3 is 5.97 Å². The molecule has 1 aromatic rings. The summed E-state index contributed by atoms with van der Waals surface area (Å²) in [6.07, 6.45) is -0.0645. The molecule has 80 valence electrons. The molecule has 0 N–H and O–H groups in total. The van der Waals surface area contributed by atoms with Gasteiger partial charge in [0.25, 0.3) is 5.69 Å². The van der Waals surface area contributed by atoms with E-state index < -0.39 is 10.9 Å². The molecule has 0 fully saturated rings. The summed E-state index contributed by atoms with van der Waals surface area (Å²) in [4.78, 5) is 21.3. The zero-order valence-corrected chi connectivity index (χ0v) is 8.30. The molecule has 0 aliphatic heterocycles. The molecule has 1 aromatic carbocycles. The van der Waals surface area contributed by atoms with Gasteiger partial charge in [-0.2, -0.15) is 0 Å². The van der Waals surface area contributed by atoms with Gasteiger partial charge in [0, 0.05) is 11.6 Å². The Bertz CT molecular complexity index is 375. The Labute approximate surface area is 86.8 Å². The maximum absolute atomic E-state index is 11.1. The molecule has 0 radical (unpaired) electrons. The van der Waals surface area contributed by atoms with Crippen LogP contribution in [0.2, 0.25) is 0 Å². The first-order valence-electron chi connectivity index (χ1n) is 4.53. The van der Waals surface area contributed by atoms with Crippen molar-refractivity contribution in [3.63, 3.8) is 0 Å². The van der Waals surface area contributed by atoms with Crippen LogP contribution in [0.25, 0.3) is 0 Å². The van der Waals surface area contributed by atoms with Crippen LogP contribution in [-0.4, -0.2) is 17.5 Å². The lowest BCUT2D eigenvalue weighted by Gasteiger charge is -2.02. The Hall–Kier alpha value is -1.91. The van der Waals surface area contributed by atoms with E-state index in [1.165, 1.54) is 6.07 Å². The fraction of sp³-hybridized carbons (Fsp3) is 0.300. The van der Waals surface area contributed by atoms with Crippen LogP contribution in [0.15, 0.2) is 24.3 Å². The SMILES string of the molecule is CCO[14C](=O)Cc1ccccc1[N+](=O)[O-]. The molecule has 0 amide bonds. The van der Waals surface area contributed by atoms with Crippen molar-refractivity contribution in [2.24, 2.45) is 0 Å². The molecule has 5 nitrogen and oxygen atoms in total. The Balaban J connectivity index is 2.84. The predicted molar refractivity (Wildman–Crippen MR) is 53.4 cm³/mol. The molecule has 0 heterocycles. The molecular formula is C10H11NO4. The second-order valence-electron chi connectivity index (χ2n) is 2.87. The number of ether oxygens (including phenoxy) is 1. The summed E-state index contributed by atoms with van der Waals surface area (Å²) in [5.74, 6) is -0.452. The number of benzene rings is 1. The third kappa shape index (κ3) is 3.05. The van der Waals surface area contributed by atoms with Crippen molar-refractivity contribution in [1.82, 2.24) is 0 Å². The molecule has 0 bridgehead atoms. The highest BCUT2D eigenvalue weighted by molar-refractivity contribution is 5.74. The molecule has 0 saturated heterocycles. The first kappa shape index (κ1) is 11.2. The summed E-state index contributed by atoms with van der Waals surface area (Å²) in [7, 11) is 0. The van der Waals surface area contributed by atoms with Crippen LogP contribution in [0.3, 0.4) is 0 Å². The average molecular weight is 211 g/mol. The van der Waals surface area contributed by atoms with Gasteiger partial charge in [-0.05, 0) is 6.92 Å². The number of nitro benzene ring substituents is 1. The quantitative estimate of drug-likeness (QED) is 0.431. The van der Waals surface area contributed by atoms with Gasteiger partial charge in [0.2, 0.25) is 0 Å². The zero-order valence-electron chi connectivity index (χ0n) is 8.30. The van der Waals surface area contributed by atoms with E-state index in [1.54, 1.807) is 25.1 Å². The molecule has 0 aliphatic rings. The van der Waals surface area contributed by atoms with E-state index in [4.69, 9.17) is 4.74 Å². The number of hydrogen-bond acceptors (Lipinski definition) is 4. The number of carbonyl (C=O) groups is 1. The van der Waals surface area contributed by atoms with Crippen LogP contribution in [0.1, 0.15) is 12.5 Å². The predicted octanol–water partition coefficient (Wildman–Crippen LogP) is 1.70. The van der Waals surface area contributed by atoms with Crippen LogP contribution in [0, 0.1) is 10.1 Å². The number of para-hydroxylation sites is 1. The van der Waals surface area contributed by atoms with E-state index in [0.717, 1.165) is 0 Å². The lowest BCUT2D eigenvalue weighted by Crippen LogP contribution is -2.08. The fourth-order valence-corrected chi connectivity index (χ4v) is 1.21. The minimum absolute atomic E-state index is 0.0504. The molecule has 0 atom stereocenters. The van der Waals surface area contributed by atoms with Crippen molar-refractivity contribution in [2.45, 2.75) is 13.3 Å². The number of carbonyl (C=O) groups excluding carboxylic acids is 1. The molecule has 0 saturated carbocycles. The van der Waals surface area contributed by atoms with Crippen molar-refractivity contribution >= 4 is 11.7 Å². The number of esters is 1. The third-order valence-corrected chi connectivity index (χ3v) is 1.83. The molecule has 1 rings (SSSR count). The summed E-state index contributed by atoms with van der Waals surface area (Å²) in [6.45, 7) is 1.97. The monoisotopic (exact) mass is 211 g/mol. The minimum Gasteiger partial charge on any atom is -0.466 e. The summed E-state index contributed by atoms with van der Waals surface area (Å²) in [6, 6.07) is 6.14. The van der Waals surface area contributed by atoms with E-state index in [2.05, 4.69) is 0 Å². The minimum atomic E-state index is -0.505. The number of nitro groups is 1. The van der Waals surface area contributed by atoms with Crippen molar-refractivity contribution in [2.75, 3.05) is 6.61 Å². The van der Waals surface area contributed by atoms with Gasteiger partial charge in [-0.25, -0.2) is 0 Å². The highest BCUT2D eigenvalue weighted by atomic mass is 16.8. The topological polar surface area (TPSA) is 69.4 Å². The molecule has 15 heavy (non-hydrogen) atoms. The van der Waals surface area contributed by atoms with Gasteiger partial charge in [-0.3, -0.25) is 14.9 Å². The molecule has 0 unspecified atom stereocenters. The Morgan fingerprint density at radius 1 is 1.47 bits per heavy atom. The molecule has 0 aromatic heterocycles. The van der Waals surface area contributed by atoms with Crippen LogP contribution in [0.4, 0.5) is 5.69 Å². The summed E-state index contributed by atoms with van der Waals surface area (Å²) < 4.78 is 4.72. The van der Waals surface area contributed by atoms with E-state index in [-0.39, 0.29) is 18.7 Å². The van der Waals surface area contributed by atoms with Crippen LogP contribution < -0.4 is 0 Å². The van der Waals surface area contributed by atoms with Crippen molar-refractivity contribution in [3.8, 4) is 0 Å². The average Bonchev–Trinajstić information content (AvgIpc) is 2.18. The summed E-state index contributed by atoms with van der Waals surface area (Å²) in [5, 5.41) is 10.6. The lowest BCUT2D eigenvalue weighted by molar-refractivity contribution is -0.385. The van der Waals surface area contributed by atoms with Crippen LogP contribution in [-0.2, 0) is 16.0 Å². The maximum Gasteiger partial charge on any atom is 0.310 e. The van der Waals surface area contributed by atoms with E-state index in [9.17, 15) is 14.9 Å². The first-order valence-corrected chi connectivity index (χ1v) is 4.53. The Morgan fingerprint density at radius 3 is 2.73 bits per heavy atom. The van der Waals surface area contributed by atoms with E-state index in [1.807, 2.05) is 0 Å². The van der Waals surface area contributed by atoms with Gasteiger partial charge in [0.1, 0.15) is 0 Å². The number of nitrogens with zero attached hydrogens (tertiary/aromatic N) is 1. The van der Waals surface area contributed by atoms with Gasteiger partial charge < -0.3 is 4.74 Å². The summed E-state index contributed by atoms with van der Waals surface area (Å²) in [5.41, 5.74) is 0.325. The van der Waals surface area contributed by atoms with Crippen molar-refractivity contribution in [3.05, 3.63) is 39.9 Å². The molecule has 0 spiro atoms. The lowest BCUT2D eigenvalue weighted by atomic mass is 10.2. The van der Waals surface area contributed by atoms with Gasteiger partial charge in [0.05, 0.1) is 18.0 Å². The Kier molecular flexibility index (Phi) is 3.79. The second-order valence-corrected chi connectivity index (χ2v) is 2.87. The zero-order chi connectivity index (χ0) is 11.3. The highest BCUT2D eigenvalue weighted by Gasteiger charge is 2.15. The van der Waals surface area contributed by atoms with E-state index >= 15 is 0 Å². The first-order chi connectivity index (χ1) is 7.15. The van der Waals surface area contributed by atoms with Gasteiger partial charge in [-0.1, -0.05) is 18.2 Å². The van der Waals surface area contributed by atoms with Crippen molar-refractivity contribution in [1.29, 1.82) is 0 Å². The van der Waals surface area contributed by atoms with Gasteiger partial charge in [0.15, 0.2) is 0 Å². The van der Waals surface area contributed by atoms with Gasteiger partial charge in [-0.15, -0.1) is 0 Å². The van der Waals surface area contributed by atoms with Crippen LogP contribution >= 0.6 is 0 Å². The highest BCUT2D eigenvalue weighted by Crippen LogP contribution is 2.18. The second kappa shape index (κ2) is 5.09. The molecule has 5 heteroatoms. The third-order valence-electron chi connectivity index (χ3n) is 1.83. The normalized spacial score (nSPS) is 9.67. The Morgan fingerprint density at radius 2 is 2.13 bits per heavy atom. The number of hydrogen-bond donors (Lipinski definition) is 0. The van der Waals surface area contributed by atoms with Crippen LogP contribution in [0.5, 0.6) is 0 Å². The van der Waals surface area contributed by atoms with Crippen molar-refractivity contribution < 1.29 is 14.5 Å². The maximum atomic E-state index is 11.1. The fourth-order valence-electron chi connectivity index (χ4n) is 1.21. The number of rotatable bonds is 4.